The Balaban J connectivity index is 1.15. The summed E-state index contributed by atoms with van der Waals surface area (Å²) >= 11 is 0. The average molecular weight is 734 g/mol. The third kappa shape index (κ3) is 5.82. The molecule has 0 saturated heterocycles. The number of aromatic nitrogens is 4. The minimum absolute atomic E-state index is 0.136. The van der Waals surface area contributed by atoms with Gasteiger partial charge in [-0.2, -0.15) is 0 Å². The van der Waals surface area contributed by atoms with Crippen molar-refractivity contribution in [3.63, 3.8) is 0 Å². The molecule has 3 heterocycles. The van der Waals surface area contributed by atoms with E-state index in [4.69, 9.17) is 24.8 Å². The van der Waals surface area contributed by atoms with Gasteiger partial charge in [-0.25, -0.2) is 4.98 Å². The van der Waals surface area contributed by atoms with Crippen molar-refractivity contribution in [3.8, 4) is 50.9 Å². The molecule has 0 radical (unpaired) electrons. The summed E-state index contributed by atoms with van der Waals surface area (Å²) in [6, 6.07) is 32.0. The van der Waals surface area contributed by atoms with Crippen molar-refractivity contribution < 1.29 is 24.4 Å². The molecule has 0 saturated carbocycles. The summed E-state index contributed by atoms with van der Waals surface area (Å²) in [6.07, 6.45) is 5.15. The van der Waals surface area contributed by atoms with Crippen LogP contribution >= 0.6 is 0 Å². The maximum absolute atomic E-state index is 8.98. The maximum Gasteiger partial charge on any atom is 0.269 e. The summed E-state index contributed by atoms with van der Waals surface area (Å²) in [5.74, 6) is 0.887. The molecule has 5 heteroatoms. The Morgan fingerprint density at radius 3 is 2.05 bits per heavy atom. The number of nitrogens with zero attached hydrogens (tertiary/aromatic N) is 4. The molecule has 7 aromatic carbocycles. The largest absolute Gasteiger partial charge is 0.458 e. The van der Waals surface area contributed by atoms with Crippen molar-refractivity contribution in [1.82, 2.24) is 14.1 Å². The zero-order valence-electron chi connectivity index (χ0n) is 41.3. The predicted octanol–water partition coefficient (Wildman–Crippen LogP) is 12.4. The molecular weight excluding hydrogens is 685 g/mol. The van der Waals surface area contributed by atoms with E-state index >= 15 is 0 Å². The molecule has 0 spiro atoms. The summed E-state index contributed by atoms with van der Waals surface area (Å²) in [5.41, 5.74) is 4.66. The van der Waals surface area contributed by atoms with E-state index in [1.54, 1.807) is 33.5 Å². The van der Waals surface area contributed by atoms with E-state index in [1.165, 1.54) is 0 Å². The Bertz CT molecular complexity index is 3540. The van der Waals surface area contributed by atoms with E-state index in [0.717, 1.165) is 27.4 Å². The number of ether oxygens (including phenoxy) is 1. The lowest BCUT2D eigenvalue weighted by molar-refractivity contribution is -0.571. The van der Waals surface area contributed by atoms with E-state index in [2.05, 4.69) is 17.0 Å². The van der Waals surface area contributed by atoms with Crippen LogP contribution in [0.3, 0.4) is 0 Å². The molecule has 0 fully saturated rings. The normalized spacial score (nSPS) is 14.5. The highest BCUT2D eigenvalue weighted by molar-refractivity contribution is 6.09. The van der Waals surface area contributed by atoms with Crippen LogP contribution < -0.4 is 9.30 Å². The van der Waals surface area contributed by atoms with E-state index in [9.17, 15) is 0 Å². The first-order chi connectivity index (χ1) is 32.0. The highest BCUT2D eigenvalue weighted by atomic mass is 16.5. The van der Waals surface area contributed by atoms with Gasteiger partial charge < -0.3 is 4.74 Å². The van der Waals surface area contributed by atoms with Crippen molar-refractivity contribution in [2.24, 2.45) is 0 Å². The monoisotopic (exact) mass is 733 g/mol. The van der Waals surface area contributed by atoms with E-state index in [1.807, 2.05) is 111 Å². The molecule has 3 aromatic heterocycles. The molecule has 0 atom stereocenters. The first kappa shape index (κ1) is 23.5. The summed E-state index contributed by atoms with van der Waals surface area (Å²) < 4.78 is 107. The zero-order chi connectivity index (χ0) is 47.2. The van der Waals surface area contributed by atoms with Gasteiger partial charge in [0.2, 0.25) is 0 Å². The molecule has 0 N–H and O–H groups in total. The predicted molar refractivity (Wildman–Crippen MR) is 227 cm³/mol. The van der Waals surface area contributed by atoms with Crippen molar-refractivity contribution in [1.29, 1.82) is 0 Å². The fourth-order valence-electron chi connectivity index (χ4n) is 7.31. The van der Waals surface area contributed by atoms with Crippen LogP contribution in [0.5, 0.6) is 11.5 Å². The Labute approximate surface area is 341 Å². The number of fused-ring (bicyclic) bond motifs is 4. The second-order valence-corrected chi connectivity index (χ2v) is 13.5. The molecular formula is C51H38N4O. The number of imidazole rings is 1. The van der Waals surface area contributed by atoms with Gasteiger partial charge in [-0.1, -0.05) is 141 Å². The molecule has 10 rings (SSSR count). The van der Waals surface area contributed by atoms with Gasteiger partial charge in [-0.15, -0.1) is 0 Å². The fourth-order valence-corrected chi connectivity index (χ4v) is 7.31. The third-order valence-electron chi connectivity index (χ3n) is 9.87. The maximum atomic E-state index is 8.98. The van der Waals surface area contributed by atoms with E-state index < -0.39 is 66.3 Å². The van der Waals surface area contributed by atoms with Crippen molar-refractivity contribution in [2.45, 2.75) is 19.7 Å². The molecule has 0 bridgehead atoms. The number of rotatable bonds is 8. The second kappa shape index (κ2) is 13.9. The van der Waals surface area contributed by atoms with Crippen LogP contribution in [0.25, 0.3) is 72.3 Å². The van der Waals surface area contributed by atoms with Gasteiger partial charge in [0, 0.05) is 24.4 Å². The van der Waals surface area contributed by atoms with Crippen LogP contribution in [-0.2, 0) is 0 Å². The molecule has 10 aromatic rings. The van der Waals surface area contributed by atoms with Crippen LogP contribution in [0.1, 0.15) is 40.4 Å². The van der Waals surface area contributed by atoms with Crippen LogP contribution in [-0.4, -0.2) is 14.1 Å². The van der Waals surface area contributed by atoms with Gasteiger partial charge in [0.05, 0.1) is 47.1 Å². The standard InChI is InChI=1S/C51H38N4O/c1-35(2)38-29-30-52-50(31-38)55-46-24-10-9-21-44(46)45-28-27-41(33-49(45)55)56-40-20-13-19-39(32-40)53-34-54(48-26-12-11-25-47(48)53)51-42(36-15-5-3-6-16-36)22-14-23-43(51)37-17-7-4-8-18-37/h3-33,35H,1-2H3/i3D,4D,5D,6D,7D,8D,15D,16D,17D,18D,35D. The molecule has 0 aliphatic carbocycles. The zero-order valence-corrected chi connectivity index (χ0v) is 30.3. The minimum atomic E-state index is -0.835. The van der Waals surface area contributed by atoms with Gasteiger partial charge in [0.15, 0.2) is 0 Å². The summed E-state index contributed by atoms with van der Waals surface area (Å²) in [6.45, 7) is 3.69. The Kier molecular flexibility index (Phi) is 5.83. The molecule has 268 valence electrons. The SMILES string of the molecule is [2H]c1c([2H])c([2H])c(-c2cccc(-c3c([2H])c([2H])c([2H])c([2H])c3[2H])c2-[n+]2[c-]n(-c3cccc(Oc4ccc5c6ccccc6n(-c6cc(C([2H])(C)C)ccn6)c5c4)c3)c3ccccc32)c([2H])c1[2H]. The first-order valence-electron chi connectivity index (χ1n) is 23.6. The molecule has 0 aliphatic heterocycles. The number of pyridine rings is 1. The van der Waals surface area contributed by atoms with Crippen LogP contribution in [0.2, 0.25) is 0 Å². The quantitative estimate of drug-likeness (QED) is 0.115. The summed E-state index contributed by atoms with van der Waals surface area (Å²) in [4.78, 5) is 4.73. The van der Waals surface area contributed by atoms with Gasteiger partial charge in [0.1, 0.15) is 17.3 Å². The number of para-hydroxylation sites is 4. The lowest BCUT2D eigenvalue weighted by Crippen LogP contribution is -2.31. The number of benzene rings is 7. The summed E-state index contributed by atoms with van der Waals surface area (Å²) in [5, 5.41) is 2.04. The lowest BCUT2D eigenvalue weighted by Gasteiger charge is -2.17. The minimum Gasteiger partial charge on any atom is -0.458 e. The van der Waals surface area contributed by atoms with Gasteiger partial charge >= 0.3 is 0 Å². The van der Waals surface area contributed by atoms with Gasteiger partial charge in [-0.05, 0) is 82.2 Å². The third-order valence-corrected chi connectivity index (χ3v) is 9.87. The van der Waals surface area contributed by atoms with Crippen molar-refractivity contribution >= 4 is 32.8 Å². The topological polar surface area (TPSA) is 35.9 Å². The average Bonchev–Trinajstić information content (AvgIpc) is 3.87. The van der Waals surface area contributed by atoms with Crippen LogP contribution in [0.4, 0.5) is 0 Å². The van der Waals surface area contributed by atoms with E-state index in [-0.39, 0.29) is 27.9 Å². The Hall–Kier alpha value is -7.24. The van der Waals surface area contributed by atoms with Crippen LogP contribution in [0, 0.1) is 6.33 Å². The molecule has 56 heavy (non-hydrogen) atoms. The van der Waals surface area contributed by atoms with E-state index in [0.29, 0.717) is 34.0 Å². The fraction of sp³-hybridized carbons (Fsp3) is 0.0588. The number of hydrogen-bond acceptors (Lipinski definition) is 2. The molecule has 0 aliphatic rings. The number of hydrogen-bond donors (Lipinski definition) is 0. The van der Waals surface area contributed by atoms with Gasteiger partial charge in [0.25, 0.3) is 6.33 Å². The Morgan fingerprint density at radius 1 is 0.643 bits per heavy atom. The van der Waals surface area contributed by atoms with Crippen molar-refractivity contribution in [3.05, 3.63) is 200 Å². The Morgan fingerprint density at radius 2 is 1.30 bits per heavy atom. The molecule has 0 amide bonds. The summed E-state index contributed by atoms with van der Waals surface area (Å²) in [7, 11) is 0. The second-order valence-electron chi connectivity index (χ2n) is 13.5. The smallest absolute Gasteiger partial charge is 0.269 e. The van der Waals surface area contributed by atoms with Crippen molar-refractivity contribution in [2.75, 3.05) is 0 Å². The molecule has 0 unspecified atom stereocenters. The molecule has 5 nitrogen and oxygen atoms in total. The highest BCUT2D eigenvalue weighted by Crippen LogP contribution is 2.37. The van der Waals surface area contributed by atoms with Gasteiger partial charge in [-0.3, -0.25) is 13.7 Å². The lowest BCUT2D eigenvalue weighted by atomic mass is 9.95. The highest BCUT2D eigenvalue weighted by Gasteiger charge is 2.20. The first-order valence-corrected chi connectivity index (χ1v) is 18.1. The van der Waals surface area contributed by atoms with Crippen LogP contribution in [0.15, 0.2) is 188 Å².